The number of rotatable bonds is 2. The summed E-state index contributed by atoms with van der Waals surface area (Å²) in [7, 11) is 2.01. The quantitative estimate of drug-likeness (QED) is 0.630. The number of nitrogen functional groups attached to an aromatic ring is 1. The second-order valence-corrected chi connectivity index (χ2v) is 4.70. The van der Waals surface area contributed by atoms with Gasteiger partial charge in [0.1, 0.15) is 5.82 Å². The largest absolute Gasteiger partial charge is 0.398 e. The Bertz CT molecular complexity index is 433. The van der Waals surface area contributed by atoms with Gasteiger partial charge in [0.2, 0.25) is 0 Å². The molecule has 0 amide bonds. The number of likely N-dealkylation sites (tertiary alicyclic amines) is 1. The van der Waals surface area contributed by atoms with Gasteiger partial charge in [-0.3, -0.25) is 4.79 Å². The molecule has 0 radical (unpaired) electrons. The van der Waals surface area contributed by atoms with Gasteiger partial charge in [-0.05, 0) is 44.6 Å². The highest BCUT2D eigenvalue weighted by atomic mass is 19.1. The average Bonchev–Trinajstić information content (AvgIpc) is 2.28. The fourth-order valence-electron chi connectivity index (χ4n) is 2.36. The van der Waals surface area contributed by atoms with Gasteiger partial charge in [0.25, 0.3) is 0 Å². The molecule has 0 saturated carbocycles. The summed E-state index contributed by atoms with van der Waals surface area (Å²) in [5.41, 5.74) is 6.38. The summed E-state index contributed by atoms with van der Waals surface area (Å²) in [5, 5.41) is 0. The van der Waals surface area contributed by atoms with E-state index in [9.17, 15) is 9.18 Å². The number of carbonyl (C=O) groups is 1. The maximum Gasteiger partial charge on any atom is 0.169 e. The molecule has 4 heteroatoms. The molecular formula is C13H17FN2O. The van der Waals surface area contributed by atoms with Crippen LogP contribution in [-0.2, 0) is 0 Å². The zero-order valence-electron chi connectivity index (χ0n) is 9.95. The van der Waals surface area contributed by atoms with Gasteiger partial charge in [-0.25, -0.2) is 4.39 Å². The molecule has 0 aliphatic carbocycles. The lowest BCUT2D eigenvalue weighted by molar-refractivity contribution is 0.0844. The Kier molecular flexibility index (Phi) is 3.43. The van der Waals surface area contributed by atoms with Crippen molar-refractivity contribution < 1.29 is 9.18 Å². The topological polar surface area (TPSA) is 46.3 Å². The minimum Gasteiger partial charge on any atom is -0.398 e. The highest BCUT2D eigenvalue weighted by Gasteiger charge is 2.26. The molecule has 0 spiro atoms. The predicted molar refractivity (Wildman–Crippen MR) is 65.4 cm³/mol. The zero-order chi connectivity index (χ0) is 12.4. The molecule has 0 bridgehead atoms. The molecule has 1 aromatic rings. The van der Waals surface area contributed by atoms with Crippen LogP contribution in [0.15, 0.2) is 18.2 Å². The van der Waals surface area contributed by atoms with Crippen molar-refractivity contribution in [3.63, 3.8) is 0 Å². The third kappa shape index (κ3) is 2.64. The monoisotopic (exact) mass is 236 g/mol. The molecule has 0 aromatic heterocycles. The Morgan fingerprint density at radius 3 is 2.94 bits per heavy atom. The first kappa shape index (κ1) is 12.0. The van der Waals surface area contributed by atoms with Crippen LogP contribution in [0.3, 0.4) is 0 Å². The van der Waals surface area contributed by atoms with E-state index in [2.05, 4.69) is 4.90 Å². The number of halogens is 1. The van der Waals surface area contributed by atoms with Crippen LogP contribution in [0.4, 0.5) is 10.1 Å². The number of nitrogens with zero attached hydrogens (tertiary/aromatic N) is 1. The van der Waals surface area contributed by atoms with Gasteiger partial charge < -0.3 is 10.6 Å². The van der Waals surface area contributed by atoms with Crippen molar-refractivity contribution in [2.45, 2.75) is 12.8 Å². The van der Waals surface area contributed by atoms with Crippen LogP contribution in [0.1, 0.15) is 23.2 Å². The lowest BCUT2D eigenvalue weighted by Crippen LogP contribution is -2.36. The van der Waals surface area contributed by atoms with Crippen molar-refractivity contribution >= 4 is 11.5 Å². The molecule has 1 aromatic carbocycles. The molecule has 2 N–H and O–H groups in total. The molecule has 1 atom stereocenters. The lowest BCUT2D eigenvalue weighted by Gasteiger charge is -2.28. The van der Waals surface area contributed by atoms with E-state index < -0.39 is 5.82 Å². The van der Waals surface area contributed by atoms with Crippen LogP contribution in [-0.4, -0.2) is 30.8 Å². The van der Waals surface area contributed by atoms with E-state index in [0.29, 0.717) is 5.56 Å². The Morgan fingerprint density at radius 2 is 2.29 bits per heavy atom. The smallest absolute Gasteiger partial charge is 0.169 e. The molecule has 1 heterocycles. The molecule has 17 heavy (non-hydrogen) atoms. The van der Waals surface area contributed by atoms with Crippen LogP contribution in [0.2, 0.25) is 0 Å². The summed E-state index contributed by atoms with van der Waals surface area (Å²) in [4.78, 5) is 14.4. The molecule has 2 rings (SSSR count). The number of benzene rings is 1. The molecule has 1 aliphatic rings. The summed E-state index contributed by atoms with van der Waals surface area (Å²) < 4.78 is 12.9. The molecule has 92 valence electrons. The number of piperidine rings is 1. The third-order valence-corrected chi connectivity index (χ3v) is 3.27. The third-order valence-electron chi connectivity index (χ3n) is 3.27. The van der Waals surface area contributed by atoms with Crippen LogP contribution >= 0.6 is 0 Å². The molecule has 3 nitrogen and oxygen atoms in total. The molecule has 1 fully saturated rings. The van der Waals surface area contributed by atoms with Crippen LogP contribution < -0.4 is 5.73 Å². The first-order valence-electron chi connectivity index (χ1n) is 5.85. The first-order chi connectivity index (χ1) is 8.08. The van der Waals surface area contributed by atoms with Crippen molar-refractivity contribution in [2.75, 3.05) is 25.9 Å². The summed E-state index contributed by atoms with van der Waals surface area (Å²) >= 11 is 0. The lowest BCUT2D eigenvalue weighted by atomic mass is 9.89. The molecular weight excluding hydrogens is 219 g/mol. The van der Waals surface area contributed by atoms with E-state index in [4.69, 9.17) is 5.73 Å². The summed E-state index contributed by atoms with van der Waals surface area (Å²) in [5.74, 6) is -0.379. The normalized spacial score (nSPS) is 21.4. The average molecular weight is 236 g/mol. The van der Waals surface area contributed by atoms with E-state index in [1.165, 1.54) is 18.2 Å². The number of anilines is 1. The number of carbonyl (C=O) groups excluding carboxylic acids is 1. The van der Waals surface area contributed by atoms with Gasteiger partial charge in [-0.1, -0.05) is 0 Å². The fraction of sp³-hybridized carbons (Fsp3) is 0.462. The van der Waals surface area contributed by atoms with E-state index in [1.54, 1.807) is 0 Å². The highest BCUT2D eigenvalue weighted by molar-refractivity contribution is 6.02. The number of Topliss-reactive ketones (excluding diaryl/α,β-unsaturated/α-hetero) is 1. The van der Waals surface area contributed by atoms with E-state index in [0.717, 1.165) is 25.9 Å². The number of hydrogen-bond acceptors (Lipinski definition) is 3. The Morgan fingerprint density at radius 1 is 1.53 bits per heavy atom. The van der Waals surface area contributed by atoms with Gasteiger partial charge in [0.05, 0.1) is 0 Å². The van der Waals surface area contributed by atoms with Crippen LogP contribution in [0.25, 0.3) is 0 Å². The predicted octanol–water partition coefficient (Wildman–Crippen LogP) is 1.93. The van der Waals surface area contributed by atoms with Crippen molar-refractivity contribution in [2.24, 2.45) is 5.92 Å². The highest BCUT2D eigenvalue weighted by Crippen LogP contribution is 2.23. The standard InChI is InChI=1S/C13H17FN2O/c1-16-6-2-3-9(8-16)13(17)11-5-4-10(14)7-12(11)15/h4-5,7,9H,2-3,6,8,15H2,1H3. The molecule has 1 aliphatic heterocycles. The van der Waals surface area contributed by atoms with Gasteiger partial charge in [0, 0.05) is 23.7 Å². The number of hydrogen-bond donors (Lipinski definition) is 1. The van der Waals surface area contributed by atoms with E-state index in [1.807, 2.05) is 7.05 Å². The first-order valence-corrected chi connectivity index (χ1v) is 5.85. The maximum atomic E-state index is 12.9. The van der Waals surface area contributed by atoms with Crippen molar-refractivity contribution in [1.29, 1.82) is 0 Å². The number of ketones is 1. The van der Waals surface area contributed by atoms with E-state index in [-0.39, 0.29) is 17.4 Å². The maximum absolute atomic E-state index is 12.9. The van der Waals surface area contributed by atoms with Gasteiger partial charge in [0.15, 0.2) is 5.78 Å². The summed E-state index contributed by atoms with van der Waals surface area (Å²) in [6.45, 7) is 1.79. The molecule has 1 saturated heterocycles. The molecule has 1 unspecified atom stereocenters. The zero-order valence-corrected chi connectivity index (χ0v) is 9.95. The van der Waals surface area contributed by atoms with Crippen molar-refractivity contribution in [3.8, 4) is 0 Å². The minimum absolute atomic E-state index is 0.0125. The second-order valence-electron chi connectivity index (χ2n) is 4.70. The van der Waals surface area contributed by atoms with Crippen molar-refractivity contribution in [3.05, 3.63) is 29.6 Å². The SMILES string of the molecule is CN1CCCC(C(=O)c2ccc(F)cc2N)C1. The van der Waals surface area contributed by atoms with Crippen LogP contribution in [0, 0.1) is 11.7 Å². The summed E-state index contributed by atoms with van der Waals surface area (Å²) in [6, 6.07) is 3.98. The minimum atomic E-state index is -0.403. The van der Waals surface area contributed by atoms with E-state index >= 15 is 0 Å². The van der Waals surface area contributed by atoms with Gasteiger partial charge >= 0.3 is 0 Å². The van der Waals surface area contributed by atoms with Crippen molar-refractivity contribution in [1.82, 2.24) is 4.90 Å². The summed E-state index contributed by atoms with van der Waals surface area (Å²) in [6.07, 6.45) is 1.91. The Hall–Kier alpha value is -1.42. The van der Waals surface area contributed by atoms with Gasteiger partial charge in [-0.2, -0.15) is 0 Å². The Balaban J connectivity index is 2.18. The Labute approximate surface area is 100 Å². The van der Waals surface area contributed by atoms with Crippen LogP contribution in [0.5, 0.6) is 0 Å². The van der Waals surface area contributed by atoms with Gasteiger partial charge in [-0.15, -0.1) is 0 Å². The number of nitrogens with two attached hydrogens (primary N) is 1. The fourth-order valence-corrected chi connectivity index (χ4v) is 2.36. The second kappa shape index (κ2) is 4.84.